The van der Waals surface area contributed by atoms with Gasteiger partial charge < -0.3 is 15.2 Å². The van der Waals surface area contributed by atoms with Crippen LogP contribution in [0.4, 0.5) is 5.69 Å². The highest BCUT2D eigenvalue weighted by Gasteiger charge is 2.19. The molecule has 0 amide bonds. The van der Waals surface area contributed by atoms with E-state index in [-0.39, 0.29) is 0 Å². The van der Waals surface area contributed by atoms with Crippen molar-refractivity contribution < 1.29 is 14.6 Å². The fraction of sp³-hybridized carbons (Fsp3) is 0.235. The Hall–Kier alpha value is -2.49. The molecule has 2 aromatic carbocycles. The number of rotatable bonds is 7. The lowest BCUT2D eigenvalue weighted by Crippen LogP contribution is -2.20. The summed E-state index contributed by atoms with van der Waals surface area (Å²) >= 11 is 0. The summed E-state index contributed by atoms with van der Waals surface area (Å²) in [5, 5.41) is 12.5. The van der Waals surface area contributed by atoms with Gasteiger partial charge in [-0.15, -0.1) is 0 Å². The van der Waals surface area contributed by atoms with Gasteiger partial charge in [-0.2, -0.15) is 0 Å². The van der Waals surface area contributed by atoms with Crippen molar-refractivity contribution in [3.63, 3.8) is 0 Å². The van der Waals surface area contributed by atoms with Crippen LogP contribution in [0, 0.1) is 0 Å². The second-order valence-corrected chi connectivity index (χ2v) is 4.64. The Labute approximate surface area is 124 Å². The van der Waals surface area contributed by atoms with Gasteiger partial charge in [-0.25, -0.2) is 0 Å². The first kappa shape index (κ1) is 14.9. The van der Waals surface area contributed by atoms with Crippen LogP contribution in [0.5, 0.6) is 5.75 Å². The number of nitrogens with one attached hydrogen (secondary N) is 1. The minimum Gasteiger partial charge on any atom is -0.494 e. The molecule has 1 unspecified atom stereocenters. The molecular weight excluding hydrogens is 266 g/mol. The number of aliphatic carboxylic acids is 1. The molecule has 0 spiro atoms. The zero-order valence-electron chi connectivity index (χ0n) is 12.0. The SMILES string of the molecule is CCOc1ccc(NCC(C(=O)O)c2ccccc2)cc1. The van der Waals surface area contributed by atoms with Crippen molar-refractivity contribution in [1.29, 1.82) is 0 Å². The van der Waals surface area contributed by atoms with Crippen molar-refractivity contribution >= 4 is 11.7 Å². The molecule has 0 radical (unpaired) electrons. The molecule has 2 N–H and O–H groups in total. The third-order valence-corrected chi connectivity index (χ3v) is 3.18. The maximum absolute atomic E-state index is 11.4. The highest BCUT2D eigenvalue weighted by molar-refractivity contribution is 5.77. The number of ether oxygens (including phenoxy) is 1. The van der Waals surface area contributed by atoms with Crippen LogP contribution >= 0.6 is 0 Å². The van der Waals surface area contributed by atoms with E-state index in [0.717, 1.165) is 17.0 Å². The Morgan fingerprint density at radius 2 is 1.81 bits per heavy atom. The normalized spacial score (nSPS) is 11.7. The van der Waals surface area contributed by atoms with E-state index in [1.54, 1.807) is 0 Å². The lowest BCUT2D eigenvalue weighted by Gasteiger charge is -2.15. The highest BCUT2D eigenvalue weighted by atomic mass is 16.5. The van der Waals surface area contributed by atoms with Crippen molar-refractivity contribution in [2.45, 2.75) is 12.8 Å². The molecule has 4 heteroatoms. The average Bonchev–Trinajstić information content (AvgIpc) is 2.50. The molecule has 4 nitrogen and oxygen atoms in total. The quantitative estimate of drug-likeness (QED) is 0.819. The first-order valence-corrected chi connectivity index (χ1v) is 6.95. The summed E-state index contributed by atoms with van der Waals surface area (Å²) < 4.78 is 5.37. The van der Waals surface area contributed by atoms with E-state index in [1.165, 1.54) is 0 Å². The summed E-state index contributed by atoms with van der Waals surface area (Å²) in [7, 11) is 0. The number of carbonyl (C=O) groups is 1. The van der Waals surface area contributed by atoms with Crippen LogP contribution in [0.25, 0.3) is 0 Å². The van der Waals surface area contributed by atoms with Crippen LogP contribution in [0.15, 0.2) is 54.6 Å². The van der Waals surface area contributed by atoms with Crippen molar-refractivity contribution in [3.8, 4) is 5.75 Å². The topological polar surface area (TPSA) is 58.6 Å². The van der Waals surface area contributed by atoms with Crippen molar-refractivity contribution in [2.24, 2.45) is 0 Å². The second kappa shape index (κ2) is 7.33. The fourth-order valence-electron chi connectivity index (χ4n) is 2.09. The number of carboxylic acid groups (broad SMARTS) is 1. The molecule has 2 rings (SSSR count). The Bertz CT molecular complexity index is 566. The standard InChI is InChI=1S/C17H19NO3/c1-2-21-15-10-8-14(9-11-15)18-12-16(17(19)20)13-6-4-3-5-7-13/h3-11,16,18H,2,12H2,1H3,(H,19,20). The van der Waals surface area contributed by atoms with E-state index in [9.17, 15) is 9.90 Å². The molecule has 0 aliphatic rings. The molecule has 0 bridgehead atoms. The largest absolute Gasteiger partial charge is 0.494 e. The van der Waals surface area contributed by atoms with E-state index >= 15 is 0 Å². The maximum Gasteiger partial charge on any atom is 0.312 e. The molecule has 0 saturated carbocycles. The Morgan fingerprint density at radius 3 is 2.38 bits per heavy atom. The minimum absolute atomic E-state index is 0.341. The molecule has 0 aliphatic heterocycles. The van der Waals surface area contributed by atoms with Gasteiger partial charge in [0.05, 0.1) is 12.5 Å². The molecule has 1 atom stereocenters. The monoisotopic (exact) mass is 285 g/mol. The van der Waals surface area contributed by atoms with E-state index in [2.05, 4.69) is 5.32 Å². The number of carboxylic acids is 1. The molecule has 0 aromatic heterocycles. The lowest BCUT2D eigenvalue weighted by molar-refractivity contribution is -0.138. The van der Waals surface area contributed by atoms with Crippen LogP contribution in [0.3, 0.4) is 0 Å². The highest BCUT2D eigenvalue weighted by Crippen LogP contribution is 2.19. The first-order chi connectivity index (χ1) is 10.2. The number of benzene rings is 2. The molecule has 0 saturated heterocycles. The molecule has 0 heterocycles. The zero-order valence-corrected chi connectivity index (χ0v) is 12.0. The van der Waals surface area contributed by atoms with Crippen LogP contribution in [0.2, 0.25) is 0 Å². The smallest absolute Gasteiger partial charge is 0.312 e. The molecule has 110 valence electrons. The van der Waals surface area contributed by atoms with Crippen molar-refractivity contribution in [1.82, 2.24) is 0 Å². The number of hydrogen-bond acceptors (Lipinski definition) is 3. The lowest BCUT2D eigenvalue weighted by atomic mass is 9.99. The molecule has 0 fully saturated rings. The maximum atomic E-state index is 11.4. The van der Waals surface area contributed by atoms with Gasteiger partial charge >= 0.3 is 5.97 Å². The summed E-state index contributed by atoms with van der Waals surface area (Å²) in [4.78, 5) is 11.4. The zero-order chi connectivity index (χ0) is 15.1. The first-order valence-electron chi connectivity index (χ1n) is 6.95. The van der Waals surface area contributed by atoms with Gasteiger partial charge in [0.1, 0.15) is 5.75 Å². The summed E-state index contributed by atoms with van der Waals surface area (Å²) in [5.74, 6) is -0.599. The van der Waals surface area contributed by atoms with Crippen LogP contribution in [-0.4, -0.2) is 24.2 Å². The fourth-order valence-corrected chi connectivity index (χ4v) is 2.09. The molecule has 2 aromatic rings. The van der Waals surface area contributed by atoms with Crippen molar-refractivity contribution in [2.75, 3.05) is 18.5 Å². The third kappa shape index (κ3) is 4.24. The van der Waals surface area contributed by atoms with Gasteiger partial charge in [0.15, 0.2) is 0 Å². The third-order valence-electron chi connectivity index (χ3n) is 3.18. The Kier molecular flexibility index (Phi) is 5.21. The average molecular weight is 285 g/mol. The van der Waals surface area contributed by atoms with Crippen LogP contribution < -0.4 is 10.1 Å². The van der Waals surface area contributed by atoms with Gasteiger partial charge in [-0.1, -0.05) is 30.3 Å². The van der Waals surface area contributed by atoms with Gasteiger partial charge in [0, 0.05) is 12.2 Å². The van der Waals surface area contributed by atoms with Gasteiger partial charge in [-0.05, 0) is 36.8 Å². The summed E-state index contributed by atoms with van der Waals surface area (Å²) in [6, 6.07) is 16.7. The predicted octanol–water partition coefficient (Wildman–Crippen LogP) is 3.37. The van der Waals surface area contributed by atoms with E-state index < -0.39 is 11.9 Å². The van der Waals surface area contributed by atoms with E-state index in [4.69, 9.17) is 4.74 Å². The Morgan fingerprint density at radius 1 is 1.14 bits per heavy atom. The second-order valence-electron chi connectivity index (χ2n) is 4.64. The number of anilines is 1. The van der Waals surface area contributed by atoms with Crippen LogP contribution in [-0.2, 0) is 4.79 Å². The van der Waals surface area contributed by atoms with Crippen LogP contribution in [0.1, 0.15) is 18.4 Å². The summed E-state index contributed by atoms with van der Waals surface area (Å²) in [6.45, 7) is 2.90. The minimum atomic E-state index is -0.834. The van der Waals surface area contributed by atoms with Crippen molar-refractivity contribution in [3.05, 3.63) is 60.2 Å². The summed E-state index contributed by atoms with van der Waals surface area (Å²) in [5.41, 5.74) is 1.67. The molecule has 0 aliphatic carbocycles. The number of hydrogen-bond donors (Lipinski definition) is 2. The summed E-state index contributed by atoms with van der Waals surface area (Å²) in [6.07, 6.45) is 0. The predicted molar refractivity (Wildman–Crippen MR) is 82.9 cm³/mol. The van der Waals surface area contributed by atoms with E-state index in [1.807, 2.05) is 61.5 Å². The van der Waals surface area contributed by atoms with Gasteiger partial charge in [0.2, 0.25) is 0 Å². The van der Waals surface area contributed by atoms with Gasteiger partial charge in [0.25, 0.3) is 0 Å². The van der Waals surface area contributed by atoms with E-state index in [0.29, 0.717) is 13.2 Å². The van der Waals surface area contributed by atoms with Gasteiger partial charge in [-0.3, -0.25) is 4.79 Å². The molecule has 21 heavy (non-hydrogen) atoms. The Balaban J connectivity index is 2.00. The molecular formula is C17H19NO3.